The number of hydrogen-bond donors (Lipinski definition) is 2. The van der Waals surface area contributed by atoms with E-state index in [0.717, 1.165) is 42.5 Å². The van der Waals surface area contributed by atoms with Crippen LogP contribution in [-0.4, -0.2) is 40.1 Å². The molecule has 1 aromatic carbocycles. The van der Waals surface area contributed by atoms with Crippen molar-refractivity contribution in [2.75, 3.05) is 18.4 Å². The fourth-order valence-corrected chi connectivity index (χ4v) is 3.11. The van der Waals surface area contributed by atoms with E-state index in [1.165, 1.54) is 0 Å². The molecule has 0 bridgehead atoms. The Kier molecular flexibility index (Phi) is 4.28. The molecule has 23 heavy (non-hydrogen) atoms. The van der Waals surface area contributed by atoms with E-state index in [4.69, 9.17) is 0 Å². The van der Waals surface area contributed by atoms with Crippen LogP contribution in [0.25, 0.3) is 10.9 Å². The van der Waals surface area contributed by atoms with Crippen LogP contribution in [0.15, 0.2) is 24.4 Å². The number of aromatic nitrogens is 2. The molecule has 2 heterocycles. The number of fused-ring (bicyclic) bond motifs is 1. The monoisotopic (exact) mass is 314 g/mol. The maximum Gasteiger partial charge on any atom is 0.223 e. The first-order chi connectivity index (χ1) is 10.9. The highest BCUT2D eigenvalue weighted by Crippen LogP contribution is 2.23. The van der Waals surface area contributed by atoms with Gasteiger partial charge < -0.3 is 10.2 Å². The van der Waals surface area contributed by atoms with Gasteiger partial charge in [-0.25, -0.2) is 0 Å². The van der Waals surface area contributed by atoms with Crippen molar-refractivity contribution in [3.05, 3.63) is 24.4 Å². The normalized spacial score (nSPS) is 16.7. The van der Waals surface area contributed by atoms with Crippen molar-refractivity contribution >= 4 is 22.5 Å². The van der Waals surface area contributed by atoms with Gasteiger partial charge >= 0.3 is 0 Å². The molecule has 1 aliphatic heterocycles. The molecule has 124 valence electrons. The molecule has 2 N–H and O–H groups in total. The number of hydrogen-bond acceptors (Lipinski definition) is 3. The summed E-state index contributed by atoms with van der Waals surface area (Å²) in [7, 11) is 0. The van der Waals surface area contributed by atoms with Gasteiger partial charge in [-0.1, -0.05) is 20.8 Å². The summed E-state index contributed by atoms with van der Waals surface area (Å²) in [5, 5.41) is 11.7. The quantitative estimate of drug-likeness (QED) is 0.913. The summed E-state index contributed by atoms with van der Waals surface area (Å²) in [4.78, 5) is 14.3. The summed E-state index contributed by atoms with van der Waals surface area (Å²) < 4.78 is 0. The van der Waals surface area contributed by atoms with Crippen molar-refractivity contribution in [2.45, 2.75) is 46.1 Å². The Morgan fingerprint density at radius 1 is 1.35 bits per heavy atom. The van der Waals surface area contributed by atoms with Crippen LogP contribution in [0.5, 0.6) is 0 Å². The first kappa shape index (κ1) is 15.8. The van der Waals surface area contributed by atoms with E-state index in [9.17, 15) is 4.79 Å². The van der Waals surface area contributed by atoms with Crippen LogP contribution >= 0.6 is 0 Å². The summed E-state index contributed by atoms with van der Waals surface area (Å²) in [5.74, 6) is 0.288. The van der Waals surface area contributed by atoms with Crippen molar-refractivity contribution in [3.8, 4) is 0 Å². The van der Waals surface area contributed by atoms with Crippen molar-refractivity contribution in [3.63, 3.8) is 0 Å². The van der Waals surface area contributed by atoms with E-state index in [2.05, 4.69) is 48.4 Å². The number of piperidine rings is 1. The molecule has 1 aliphatic rings. The Hall–Kier alpha value is -2.04. The fourth-order valence-electron chi connectivity index (χ4n) is 3.11. The first-order valence-corrected chi connectivity index (χ1v) is 8.38. The molecule has 2 aromatic rings. The van der Waals surface area contributed by atoms with Gasteiger partial charge in [-0.2, -0.15) is 5.10 Å². The number of likely N-dealkylation sites (tertiary alicyclic amines) is 1. The topological polar surface area (TPSA) is 61.0 Å². The number of carbonyl (C=O) groups is 1. The van der Waals surface area contributed by atoms with Gasteiger partial charge in [0.1, 0.15) is 0 Å². The van der Waals surface area contributed by atoms with E-state index in [1.54, 1.807) is 0 Å². The minimum absolute atomic E-state index is 0.0617. The summed E-state index contributed by atoms with van der Waals surface area (Å²) in [6.07, 6.45) is 4.47. The molecule has 0 saturated carbocycles. The lowest BCUT2D eigenvalue weighted by Gasteiger charge is -2.34. The zero-order chi connectivity index (χ0) is 16.4. The molecular formula is C18H26N4O. The number of amides is 1. The fraction of sp³-hybridized carbons (Fsp3) is 0.556. The van der Waals surface area contributed by atoms with Crippen molar-refractivity contribution in [2.24, 2.45) is 5.41 Å². The Bertz CT molecular complexity index is 678. The summed E-state index contributed by atoms with van der Waals surface area (Å²) >= 11 is 0. The number of H-pyrrole nitrogens is 1. The van der Waals surface area contributed by atoms with Crippen molar-refractivity contribution in [1.82, 2.24) is 15.1 Å². The van der Waals surface area contributed by atoms with Gasteiger partial charge in [0.15, 0.2) is 0 Å². The smallest absolute Gasteiger partial charge is 0.223 e. The van der Waals surface area contributed by atoms with Crippen LogP contribution in [0, 0.1) is 5.41 Å². The third-order valence-electron chi connectivity index (χ3n) is 4.34. The first-order valence-electron chi connectivity index (χ1n) is 8.38. The second-order valence-electron chi connectivity index (χ2n) is 7.71. The largest absolute Gasteiger partial charge is 0.382 e. The van der Waals surface area contributed by atoms with Crippen LogP contribution in [0.2, 0.25) is 0 Å². The summed E-state index contributed by atoms with van der Waals surface area (Å²) in [5.41, 5.74) is 2.24. The van der Waals surface area contributed by atoms with Gasteiger partial charge in [-0.05, 0) is 36.5 Å². The highest BCUT2D eigenvalue weighted by Gasteiger charge is 2.25. The Morgan fingerprint density at radius 3 is 2.78 bits per heavy atom. The molecular weight excluding hydrogens is 288 g/mol. The molecule has 5 nitrogen and oxygen atoms in total. The lowest BCUT2D eigenvalue weighted by atomic mass is 9.91. The number of rotatable bonds is 3. The molecule has 0 atom stereocenters. The van der Waals surface area contributed by atoms with E-state index >= 15 is 0 Å². The molecule has 5 heteroatoms. The standard InChI is InChI=1S/C18H26N4O/c1-18(2,3)11-17(23)22-8-6-14(7-9-22)20-15-4-5-16-13(10-15)12-19-21-16/h4-5,10,12,14,20H,6-9,11H2,1-3H3,(H,19,21). The molecule has 0 unspecified atom stereocenters. The second-order valence-corrected chi connectivity index (χ2v) is 7.71. The van der Waals surface area contributed by atoms with E-state index < -0.39 is 0 Å². The van der Waals surface area contributed by atoms with E-state index in [0.29, 0.717) is 12.5 Å². The lowest BCUT2D eigenvalue weighted by Crippen LogP contribution is -2.43. The predicted octanol–water partition coefficient (Wildman–Crippen LogP) is 3.40. The van der Waals surface area contributed by atoms with E-state index in [1.807, 2.05) is 17.2 Å². The molecule has 0 aliphatic carbocycles. The highest BCUT2D eigenvalue weighted by molar-refractivity contribution is 5.81. The maximum absolute atomic E-state index is 12.3. The van der Waals surface area contributed by atoms with Gasteiger partial charge in [0.25, 0.3) is 0 Å². The number of carbonyl (C=O) groups excluding carboxylic acids is 1. The van der Waals surface area contributed by atoms with Gasteiger partial charge in [-0.3, -0.25) is 9.89 Å². The average molecular weight is 314 g/mol. The van der Waals surface area contributed by atoms with Gasteiger partial charge in [0.2, 0.25) is 5.91 Å². The number of nitrogens with one attached hydrogen (secondary N) is 2. The average Bonchev–Trinajstić information content (AvgIpc) is 2.94. The Labute approximate surface area is 137 Å². The molecule has 0 radical (unpaired) electrons. The lowest BCUT2D eigenvalue weighted by molar-refractivity contribution is -0.134. The molecule has 1 amide bonds. The SMILES string of the molecule is CC(C)(C)CC(=O)N1CCC(Nc2ccc3[nH]ncc3c2)CC1. The number of aromatic amines is 1. The maximum atomic E-state index is 12.3. The Balaban J connectivity index is 1.53. The summed E-state index contributed by atoms with van der Waals surface area (Å²) in [6.45, 7) is 8.04. The number of nitrogens with zero attached hydrogens (tertiary/aromatic N) is 2. The van der Waals surface area contributed by atoms with Gasteiger partial charge in [0.05, 0.1) is 11.7 Å². The highest BCUT2D eigenvalue weighted by atomic mass is 16.2. The molecule has 1 fully saturated rings. The summed E-state index contributed by atoms with van der Waals surface area (Å²) in [6, 6.07) is 6.68. The second kappa shape index (κ2) is 6.22. The van der Waals surface area contributed by atoms with Gasteiger partial charge in [-0.15, -0.1) is 0 Å². The number of benzene rings is 1. The third-order valence-corrected chi connectivity index (χ3v) is 4.34. The minimum atomic E-state index is 0.0617. The van der Waals surface area contributed by atoms with Crippen LogP contribution in [0.4, 0.5) is 5.69 Å². The zero-order valence-corrected chi connectivity index (χ0v) is 14.2. The van der Waals surface area contributed by atoms with Crippen LogP contribution < -0.4 is 5.32 Å². The van der Waals surface area contributed by atoms with Crippen LogP contribution in [-0.2, 0) is 4.79 Å². The molecule has 0 spiro atoms. The molecule has 1 saturated heterocycles. The van der Waals surface area contributed by atoms with Crippen LogP contribution in [0.3, 0.4) is 0 Å². The number of anilines is 1. The Morgan fingerprint density at radius 2 is 2.09 bits per heavy atom. The van der Waals surface area contributed by atoms with Crippen molar-refractivity contribution < 1.29 is 4.79 Å². The van der Waals surface area contributed by atoms with Crippen molar-refractivity contribution in [1.29, 1.82) is 0 Å². The molecule has 3 rings (SSSR count). The molecule has 1 aromatic heterocycles. The van der Waals surface area contributed by atoms with Gasteiger partial charge in [0, 0.05) is 36.6 Å². The predicted molar refractivity (Wildman–Crippen MR) is 93.4 cm³/mol. The minimum Gasteiger partial charge on any atom is -0.382 e. The third kappa shape index (κ3) is 4.03. The van der Waals surface area contributed by atoms with E-state index in [-0.39, 0.29) is 11.3 Å². The zero-order valence-electron chi connectivity index (χ0n) is 14.2. The van der Waals surface area contributed by atoms with Crippen LogP contribution in [0.1, 0.15) is 40.0 Å².